The van der Waals surface area contributed by atoms with Gasteiger partial charge in [-0.1, -0.05) is 6.92 Å². The third-order valence-electron chi connectivity index (χ3n) is 4.65. The zero-order valence-electron chi connectivity index (χ0n) is 14.7. The maximum absolute atomic E-state index is 5.08. The molecule has 1 aromatic rings. The molecule has 0 radical (unpaired) electrons. The van der Waals surface area contributed by atoms with E-state index < -0.39 is 0 Å². The number of methoxy groups -OCH3 is 1. The Balaban J connectivity index is 1.81. The third kappa shape index (κ3) is 5.23. The van der Waals surface area contributed by atoms with Crippen LogP contribution in [0, 0.1) is 5.92 Å². The van der Waals surface area contributed by atoms with E-state index in [-0.39, 0.29) is 0 Å². The monoisotopic (exact) mass is 321 g/mol. The van der Waals surface area contributed by atoms with Gasteiger partial charge in [-0.3, -0.25) is 4.99 Å². The minimum Gasteiger partial charge on any atom is -0.385 e. The Kier molecular flexibility index (Phi) is 7.39. The van der Waals surface area contributed by atoms with Crippen molar-refractivity contribution >= 4 is 5.96 Å². The topological polar surface area (TPSA) is 54.7 Å². The summed E-state index contributed by atoms with van der Waals surface area (Å²) in [6.07, 6.45) is 10.5. The van der Waals surface area contributed by atoms with Crippen LogP contribution in [0.25, 0.3) is 0 Å². The minimum absolute atomic E-state index is 0.464. The van der Waals surface area contributed by atoms with E-state index in [2.05, 4.69) is 37.9 Å². The number of unbranched alkanes of at least 4 members (excludes halogenated alkanes) is 2. The number of nitrogens with zero attached hydrogens (tertiary/aromatic N) is 4. The molecule has 1 fully saturated rings. The Morgan fingerprint density at radius 3 is 2.96 bits per heavy atom. The largest absolute Gasteiger partial charge is 0.385 e. The normalized spacial score (nSPS) is 22.4. The minimum atomic E-state index is 0.464. The number of hydrogen-bond donors (Lipinski definition) is 1. The second kappa shape index (κ2) is 9.55. The van der Waals surface area contributed by atoms with Crippen molar-refractivity contribution in [3.63, 3.8) is 0 Å². The van der Waals surface area contributed by atoms with Gasteiger partial charge in [-0.15, -0.1) is 0 Å². The van der Waals surface area contributed by atoms with Gasteiger partial charge in [-0.05, 0) is 31.6 Å². The van der Waals surface area contributed by atoms with Crippen LogP contribution in [0.4, 0.5) is 0 Å². The lowest BCUT2D eigenvalue weighted by molar-refractivity contribution is 0.188. The van der Waals surface area contributed by atoms with E-state index in [1.54, 1.807) is 7.11 Å². The molecule has 0 saturated carbocycles. The molecular formula is C17H31N5O. The molecule has 1 aliphatic heterocycles. The zero-order valence-corrected chi connectivity index (χ0v) is 14.7. The highest BCUT2D eigenvalue weighted by Crippen LogP contribution is 2.27. The van der Waals surface area contributed by atoms with E-state index >= 15 is 0 Å². The molecule has 2 unspecified atom stereocenters. The Morgan fingerprint density at radius 1 is 1.39 bits per heavy atom. The SMILES string of the molecule is CN=C(NCCCCCOC)N1CCC(C)C(n2ccnc2)C1. The van der Waals surface area contributed by atoms with E-state index in [9.17, 15) is 0 Å². The molecule has 0 aliphatic carbocycles. The van der Waals surface area contributed by atoms with Gasteiger partial charge in [0, 0.05) is 52.8 Å². The first kappa shape index (κ1) is 17.8. The number of likely N-dealkylation sites (tertiary alicyclic amines) is 1. The first-order valence-corrected chi connectivity index (χ1v) is 8.68. The summed E-state index contributed by atoms with van der Waals surface area (Å²) in [4.78, 5) is 11.0. The van der Waals surface area contributed by atoms with Crippen molar-refractivity contribution in [3.05, 3.63) is 18.7 Å². The number of aliphatic imine (C=N–C) groups is 1. The number of ether oxygens (including phenoxy) is 1. The Morgan fingerprint density at radius 2 is 2.26 bits per heavy atom. The first-order chi connectivity index (χ1) is 11.3. The van der Waals surface area contributed by atoms with Crippen LogP contribution in [-0.4, -0.2) is 60.8 Å². The predicted octanol–water partition coefficient (Wildman–Crippen LogP) is 2.16. The van der Waals surface area contributed by atoms with Crippen LogP contribution in [0.2, 0.25) is 0 Å². The summed E-state index contributed by atoms with van der Waals surface area (Å²) in [5, 5.41) is 3.51. The van der Waals surface area contributed by atoms with Crippen LogP contribution in [0.15, 0.2) is 23.7 Å². The molecule has 1 aromatic heterocycles. The highest BCUT2D eigenvalue weighted by molar-refractivity contribution is 5.80. The highest BCUT2D eigenvalue weighted by Gasteiger charge is 2.28. The van der Waals surface area contributed by atoms with Crippen LogP contribution in [0.5, 0.6) is 0 Å². The Hall–Kier alpha value is -1.56. The molecule has 6 heteroatoms. The summed E-state index contributed by atoms with van der Waals surface area (Å²) >= 11 is 0. The number of guanidine groups is 1. The molecule has 2 atom stereocenters. The second-order valence-corrected chi connectivity index (χ2v) is 6.32. The van der Waals surface area contributed by atoms with E-state index in [0.29, 0.717) is 12.0 Å². The molecule has 0 amide bonds. The number of piperidine rings is 1. The van der Waals surface area contributed by atoms with Gasteiger partial charge in [0.1, 0.15) is 0 Å². The molecule has 6 nitrogen and oxygen atoms in total. The van der Waals surface area contributed by atoms with Gasteiger partial charge in [0.05, 0.1) is 12.4 Å². The molecule has 23 heavy (non-hydrogen) atoms. The lowest BCUT2D eigenvalue weighted by Crippen LogP contribution is -2.49. The fourth-order valence-corrected chi connectivity index (χ4v) is 3.18. The van der Waals surface area contributed by atoms with Gasteiger partial charge >= 0.3 is 0 Å². The van der Waals surface area contributed by atoms with Gasteiger partial charge in [0.25, 0.3) is 0 Å². The number of imidazole rings is 1. The van der Waals surface area contributed by atoms with Crippen molar-refractivity contribution < 1.29 is 4.74 Å². The van der Waals surface area contributed by atoms with E-state index in [1.807, 2.05) is 19.6 Å². The van der Waals surface area contributed by atoms with Crippen molar-refractivity contribution in [1.29, 1.82) is 0 Å². The smallest absolute Gasteiger partial charge is 0.193 e. The van der Waals surface area contributed by atoms with Crippen molar-refractivity contribution in [3.8, 4) is 0 Å². The summed E-state index contributed by atoms with van der Waals surface area (Å²) in [7, 11) is 3.63. The maximum Gasteiger partial charge on any atom is 0.193 e. The quantitative estimate of drug-likeness (QED) is 0.475. The van der Waals surface area contributed by atoms with Crippen molar-refractivity contribution in [2.45, 2.75) is 38.6 Å². The van der Waals surface area contributed by atoms with Crippen molar-refractivity contribution in [2.75, 3.05) is 40.4 Å². The van der Waals surface area contributed by atoms with Crippen molar-refractivity contribution in [2.24, 2.45) is 10.9 Å². The third-order valence-corrected chi connectivity index (χ3v) is 4.65. The molecular weight excluding hydrogens is 290 g/mol. The average Bonchev–Trinajstić information content (AvgIpc) is 3.09. The molecule has 0 bridgehead atoms. The van der Waals surface area contributed by atoms with Crippen LogP contribution < -0.4 is 5.32 Å². The molecule has 1 N–H and O–H groups in total. The molecule has 1 aliphatic rings. The fourth-order valence-electron chi connectivity index (χ4n) is 3.18. The Bertz CT molecular complexity index is 460. The molecule has 2 heterocycles. The fraction of sp³-hybridized carbons (Fsp3) is 0.765. The zero-order chi connectivity index (χ0) is 16.5. The second-order valence-electron chi connectivity index (χ2n) is 6.32. The Labute approximate surface area is 139 Å². The molecule has 130 valence electrons. The molecule has 0 spiro atoms. The molecule has 0 aromatic carbocycles. The highest BCUT2D eigenvalue weighted by atomic mass is 16.5. The van der Waals surface area contributed by atoms with E-state index in [0.717, 1.165) is 45.0 Å². The maximum atomic E-state index is 5.08. The van der Waals surface area contributed by atoms with Crippen LogP contribution in [-0.2, 0) is 4.74 Å². The van der Waals surface area contributed by atoms with Gasteiger partial charge < -0.3 is 19.5 Å². The standard InChI is InChI=1S/C17H31N5O/c1-15-7-10-21(13-16(15)22-11-9-19-14-22)17(18-2)20-8-5-4-6-12-23-3/h9,11,14-16H,4-8,10,12-13H2,1-3H3,(H,18,20). The number of aromatic nitrogens is 2. The van der Waals surface area contributed by atoms with Crippen molar-refractivity contribution in [1.82, 2.24) is 19.8 Å². The number of nitrogens with one attached hydrogen (secondary N) is 1. The summed E-state index contributed by atoms with van der Waals surface area (Å²) in [5.41, 5.74) is 0. The lowest BCUT2D eigenvalue weighted by Gasteiger charge is -2.39. The van der Waals surface area contributed by atoms with Crippen LogP contribution in [0.3, 0.4) is 0 Å². The molecule has 1 saturated heterocycles. The first-order valence-electron chi connectivity index (χ1n) is 8.68. The summed E-state index contributed by atoms with van der Waals surface area (Å²) < 4.78 is 7.31. The van der Waals surface area contributed by atoms with Gasteiger partial charge in [0.2, 0.25) is 0 Å². The van der Waals surface area contributed by atoms with Gasteiger partial charge in [-0.2, -0.15) is 0 Å². The average molecular weight is 321 g/mol. The predicted molar refractivity (Wildman–Crippen MR) is 93.7 cm³/mol. The van der Waals surface area contributed by atoms with E-state index in [4.69, 9.17) is 4.74 Å². The van der Waals surface area contributed by atoms with E-state index in [1.165, 1.54) is 12.8 Å². The lowest BCUT2D eigenvalue weighted by atomic mass is 9.93. The van der Waals surface area contributed by atoms with Crippen LogP contribution >= 0.6 is 0 Å². The number of rotatable bonds is 7. The summed E-state index contributed by atoms with van der Waals surface area (Å²) in [6, 6.07) is 0.464. The number of hydrogen-bond acceptors (Lipinski definition) is 3. The van der Waals surface area contributed by atoms with Crippen LogP contribution in [0.1, 0.15) is 38.6 Å². The van der Waals surface area contributed by atoms with Gasteiger partial charge in [0.15, 0.2) is 5.96 Å². The van der Waals surface area contributed by atoms with Gasteiger partial charge in [-0.25, -0.2) is 4.98 Å². The summed E-state index contributed by atoms with van der Waals surface area (Å²) in [5.74, 6) is 1.68. The molecule has 2 rings (SSSR count). The summed E-state index contributed by atoms with van der Waals surface area (Å²) in [6.45, 7) is 6.20.